The number of nitrogens with two attached hydrogens (primary N) is 1. The van der Waals surface area contributed by atoms with Gasteiger partial charge in [0, 0.05) is 17.2 Å². The summed E-state index contributed by atoms with van der Waals surface area (Å²) in [5, 5.41) is 21.0. The van der Waals surface area contributed by atoms with Crippen molar-refractivity contribution in [2.75, 3.05) is 0 Å². The van der Waals surface area contributed by atoms with Crippen LogP contribution in [0.2, 0.25) is 5.02 Å². The molecule has 0 amide bonds. The number of allylic oxidation sites excluding steroid dienone is 1. The molecule has 0 radical (unpaired) electrons. The van der Waals surface area contributed by atoms with Gasteiger partial charge in [-0.15, -0.1) is 0 Å². The van der Waals surface area contributed by atoms with Gasteiger partial charge in [0.05, 0.1) is 16.9 Å². The van der Waals surface area contributed by atoms with Gasteiger partial charge in [-0.05, 0) is 30.2 Å². The molecule has 4 rings (SSSR count). The minimum atomic E-state index is -0.662. The van der Waals surface area contributed by atoms with E-state index in [0.717, 1.165) is 0 Å². The molecule has 3 N–H and O–H groups in total. The summed E-state index contributed by atoms with van der Waals surface area (Å²) in [4.78, 5) is 12.0. The number of benzene rings is 2. The Morgan fingerprint density at radius 1 is 1.30 bits per heavy atom. The van der Waals surface area contributed by atoms with Crippen LogP contribution >= 0.6 is 11.6 Å². The van der Waals surface area contributed by atoms with E-state index in [1.165, 1.54) is 12.1 Å². The van der Waals surface area contributed by atoms with Crippen molar-refractivity contribution in [2.24, 2.45) is 5.73 Å². The Morgan fingerprint density at radius 2 is 2.07 bits per heavy atom. The molecule has 0 bridgehead atoms. The van der Waals surface area contributed by atoms with Crippen molar-refractivity contribution in [1.29, 1.82) is 5.26 Å². The summed E-state index contributed by atoms with van der Waals surface area (Å²) in [5.41, 5.74) is 7.37. The van der Waals surface area contributed by atoms with Crippen LogP contribution in [0, 0.1) is 18.3 Å². The Kier molecular flexibility index (Phi) is 3.83. The van der Waals surface area contributed by atoms with Crippen LogP contribution in [0.25, 0.3) is 11.0 Å². The molecule has 0 fully saturated rings. The third-order valence-corrected chi connectivity index (χ3v) is 4.79. The molecule has 0 saturated heterocycles. The number of halogens is 1. The molecule has 3 aromatic rings. The Morgan fingerprint density at radius 3 is 2.78 bits per heavy atom. The monoisotopic (exact) mass is 380 g/mol. The van der Waals surface area contributed by atoms with Crippen molar-refractivity contribution >= 4 is 22.6 Å². The summed E-state index contributed by atoms with van der Waals surface area (Å²) >= 11 is 6.14. The van der Waals surface area contributed by atoms with Gasteiger partial charge in [0.2, 0.25) is 5.88 Å². The van der Waals surface area contributed by atoms with Gasteiger partial charge >= 0.3 is 5.63 Å². The number of aromatic hydroxyl groups is 1. The fraction of sp³-hybridized carbons (Fsp3) is 0.100. The maximum atomic E-state index is 12.0. The van der Waals surface area contributed by atoms with Gasteiger partial charge in [-0.25, -0.2) is 4.79 Å². The molecule has 1 unspecified atom stereocenters. The molecule has 2 heterocycles. The Hall–Kier alpha value is -3.43. The third-order valence-electron chi connectivity index (χ3n) is 4.56. The molecule has 1 aromatic heterocycles. The molecule has 134 valence electrons. The third kappa shape index (κ3) is 2.60. The number of phenols is 1. The molecule has 2 aromatic carbocycles. The number of hydrogen-bond acceptors (Lipinski definition) is 6. The number of aryl methyl sites for hydroxylation is 1. The summed E-state index contributed by atoms with van der Waals surface area (Å²) in [7, 11) is 0. The minimum Gasteiger partial charge on any atom is -0.507 e. The van der Waals surface area contributed by atoms with E-state index in [1.807, 2.05) is 0 Å². The summed E-state index contributed by atoms with van der Waals surface area (Å²) in [6, 6.07) is 11.7. The molecule has 1 aliphatic rings. The van der Waals surface area contributed by atoms with E-state index in [4.69, 9.17) is 26.5 Å². The summed E-state index contributed by atoms with van der Waals surface area (Å²) in [6.45, 7) is 1.69. The fourth-order valence-corrected chi connectivity index (χ4v) is 3.66. The minimum absolute atomic E-state index is 0.0799. The molecule has 7 heteroatoms. The molecule has 27 heavy (non-hydrogen) atoms. The number of hydrogen-bond donors (Lipinski definition) is 2. The predicted octanol–water partition coefficient (Wildman–Crippen LogP) is 3.68. The van der Waals surface area contributed by atoms with E-state index >= 15 is 0 Å². The number of nitrogens with zero attached hydrogens (tertiary/aromatic N) is 1. The lowest BCUT2D eigenvalue weighted by Gasteiger charge is -2.27. The second kappa shape index (κ2) is 6.08. The first kappa shape index (κ1) is 17.0. The van der Waals surface area contributed by atoms with Crippen molar-refractivity contribution in [2.45, 2.75) is 12.8 Å². The van der Waals surface area contributed by atoms with Crippen LogP contribution in [0.3, 0.4) is 0 Å². The first-order valence-corrected chi connectivity index (χ1v) is 8.42. The molecule has 1 atom stereocenters. The maximum absolute atomic E-state index is 12.0. The average molecular weight is 381 g/mol. The van der Waals surface area contributed by atoms with Gasteiger partial charge in [-0.2, -0.15) is 5.26 Å². The van der Waals surface area contributed by atoms with Crippen LogP contribution in [-0.4, -0.2) is 5.11 Å². The van der Waals surface area contributed by atoms with Gasteiger partial charge in [0.15, 0.2) is 0 Å². The zero-order valence-electron chi connectivity index (χ0n) is 14.1. The van der Waals surface area contributed by atoms with E-state index < -0.39 is 11.5 Å². The highest BCUT2D eigenvalue weighted by Crippen LogP contribution is 2.48. The highest BCUT2D eigenvalue weighted by Gasteiger charge is 2.34. The molecule has 0 aliphatic carbocycles. The normalized spacial score (nSPS) is 16.0. The average Bonchev–Trinajstić information content (AvgIpc) is 2.59. The SMILES string of the molecule is Cc1cc(=O)oc2c3c(cc(O)c12)OC(N)=C(C#N)C3c1cccc(Cl)c1. The van der Waals surface area contributed by atoms with Crippen LogP contribution < -0.4 is 16.1 Å². The topological polar surface area (TPSA) is 109 Å². The standard InChI is InChI=1S/C20H13ClN2O4/c1-9-5-15(25)27-19-16(9)13(24)7-14-18(19)17(12(8-22)20(23)26-14)10-3-2-4-11(21)6-10/h2-7,17,24H,23H2,1H3. The lowest BCUT2D eigenvalue weighted by molar-refractivity contribution is 0.387. The lowest BCUT2D eigenvalue weighted by atomic mass is 9.82. The van der Waals surface area contributed by atoms with Crippen LogP contribution in [0.1, 0.15) is 22.6 Å². The second-order valence-corrected chi connectivity index (χ2v) is 6.68. The van der Waals surface area contributed by atoms with E-state index in [-0.39, 0.29) is 28.5 Å². The number of nitriles is 1. The largest absolute Gasteiger partial charge is 0.507 e. The van der Waals surface area contributed by atoms with E-state index in [0.29, 0.717) is 27.1 Å². The molecule has 6 nitrogen and oxygen atoms in total. The summed E-state index contributed by atoms with van der Waals surface area (Å²) < 4.78 is 11.0. The predicted molar refractivity (Wildman–Crippen MR) is 99.6 cm³/mol. The maximum Gasteiger partial charge on any atom is 0.336 e. The first-order chi connectivity index (χ1) is 12.9. The second-order valence-electron chi connectivity index (χ2n) is 6.24. The number of ether oxygens (including phenoxy) is 1. The number of fused-ring (bicyclic) bond motifs is 3. The molecule has 1 aliphatic heterocycles. The van der Waals surface area contributed by atoms with Crippen molar-refractivity contribution in [3.05, 3.63) is 80.0 Å². The summed E-state index contributed by atoms with van der Waals surface area (Å²) in [5.74, 6) is -0.632. The fourth-order valence-electron chi connectivity index (χ4n) is 3.46. The number of phenolic OH excluding ortho intramolecular Hbond substituents is 1. The number of rotatable bonds is 1. The Labute approximate surface area is 158 Å². The lowest BCUT2D eigenvalue weighted by Crippen LogP contribution is -2.21. The molecular weight excluding hydrogens is 368 g/mol. The van der Waals surface area contributed by atoms with Gasteiger partial charge in [0.25, 0.3) is 0 Å². The van der Waals surface area contributed by atoms with Crippen molar-refractivity contribution in [3.63, 3.8) is 0 Å². The zero-order chi connectivity index (χ0) is 19.3. The van der Waals surface area contributed by atoms with Crippen molar-refractivity contribution in [1.82, 2.24) is 0 Å². The zero-order valence-corrected chi connectivity index (χ0v) is 14.9. The molecular formula is C20H13ClN2O4. The first-order valence-electron chi connectivity index (χ1n) is 8.04. The van der Waals surface area contributed by atoms with Crippen LogP contribution in [-0.2, 0) is 0 Å². The quantitative estimate of drug-likeness (QED) is 0.623. The van der Waals surface area contributed by atoms with Crippen molar-refractivity contribution < 1.29 is 14.3 Å². The van der Waals surface area contributed by atoms with Crippen LogP contribution in [0.5, 0.6) is 11.5 Å². The van der Waals surface area contributed by atoms with Crippen LogP contribution in [0.4, 0.5) is 0 Å². The highest BCUT2D eigenvalue weighted by molar-refractivity contribution is 6.30. The van der Waals surface area contributed by atoms with Gasteiger partial charge in [-0.1, -0.05) is 23.7 Å². The van der Waals surface area contributed by atoms with Gasteiger partial charge < -0.3 is 20.0 Å². The Balaban J connectivity index is 2.16. The van der Waals surface area contributed by atoms with E-state index in [1.54, 1.807) is 31.2 Å². The Bertz CT molecular complexity index is 1240. The van der Waals surface area contributed by atoms with E-state index in [9.17, 15) is 15.2 Å². The van der Waals surface area contributed by atoms with Gasteiger partial charge in [0.1, 0.15) is 28.7 Å². The van der Waals surface area contributed by atoms with Crippen molar-refractivity contribution in [3.8, 4) is 17.6 Å². The highest BCUT2D eigenvalue weighted by atomic mass is 35.5. The summed E-state index contributed by atoms with van der Waals surface area (Å²) in [6.07, 6.45) is 0. The van der Waals surface area contributed by atoms with E-state index in [2.05, 4.69) is 6.07 Å². The van der Waals surface area contributed by atoms with Crippen LogP contribution in [0.15, 0.2) is 57.1 Å². The van der Waals surface area contributed by atoms with Gasteiger partial charge in [-0.3, -0.25) is 0 Å². The molecule has 0 spiro atoms. The smallest absolute Gasteiger partial charge is 0.336 e. The molecule has 0 saturated carbocycles.